The summed E-state index contributed by atoms with van der Waals surface area (Å²) in [5.41, 5.74) is 9.24. The number of carbonyl (C=O) groups excluding carboxylic acids is 1. The van der Waals surface area contributed by atoms with Gasteiger partial charge in [0, 0.05) is 43.0 Å². The minimum Gasteiger partial charge on any atom is -0.397 e. The van der Waals surface area contributed by atoms with Crippen molar-refractivity contribution >= 4 is 57.0 Å². The van der Waals surface area contributed by atoms with Crippen LogP contribution in [0.2, 0.25) is 0 Å². The van der Waals surface area contributed by atoms with Crippen LogP contribution in [0.1, 0.15) is 102 Å². The molecule has 0 fully saturated rings. The maximum atomic E-state index is 11.5. The van der Waals surface area contributed by atoms with Gasteiger partial charge in [-0.2, -0.15) is 0 Å². The van der Waals surface area contributed by atoms with Crippen molar-refractivity contribution in [1.82, 2.24) is 63.1 Å². The standard InChI is InChI=1S/C9H12N4O.C9H12N4.C9H11N3O.C8H10N4O2/c1-5(2)13-4-10-7-8(13)11-6(3)12-9(7)14;1-6(2)13-5-12-8-7(10)3-4-11-9(8)13;1-6(2)12-5-11-8-7(13)3-4-10-9(8)12;1-4(2)12-3-9-5-6(12)10-8(14)11-7(5)13/h4-5H,1-3H3,(H,11,12,14);3-6H,1-2H3,(H2,10,11);4-6H,3H2,1-2H3;3-4H,1-2H3,(H2,10,11,13,14). The zero-order chi connectivity index (χ0) is 39.4. The average molecular weight is 740 g/mol. The highest BCUT2D eigenvalue weighted by molar-refractivity contribution is 6.08. The third-order valence-electron chi connectivity index (χ3n) is 8.26. The molecule has 54 heavy (non-hydrogen) atoms. The number of anilines is 1. The van der Waals surface area contributed by atoms with Gasteiger partial charge < -0.3 is 29.0 Å². The summed E-state index contributed by atoms with van der Waals surface area (Å²) in [4.78, 5) is 81.3. The molecule has 0 aliphatic carbocycles. The van der Waals surface area contributed by atoms with Gasteiger partial charge in [-0.3, -0.25) is 24.4 Å². The second-order valence-electron chi connectivity index (χ2n) is 13.6. The molecule has 0 saturated heterocycles. The van der Waals surface area contributed by atoms with E-state index in [1.165, 1.54) is 0 Å². The Hall–Kier alpha value is -6.53. The van der Waals surface area contributed by atoms with Crippen molar-refractivity contribution in [2.45, 2.75) is 92.9 Å². The molecular weight excluding hydrogens is 694 g/mol. The van der Waals surface area contributed by atoms with Crippen LogP contribution in [0, 0.1) is 6.92 Å². The van der Waals surface area contributed by atoms with Crippen molar-refractivity contribution in [2.24, 2.45) is 4.99 Å². The first-order valence-electron chi connectivity index (χ1n) is 17.4. The zero-order valence-electron chi connectivity index (χ0n) is 31.7. The van der Waals surface area contributed by atoms with Crippen molar-refractivity contribution in [3.8, 4) is 0 Å². The van der Waals surface area contributed by atoms with Crippen molar-refractivity contribution in [3.63, 3.8) is 0 Å². The Labute approximate surface area is 308 Å². The van der Waals surface area contributed by atoms with Gasteiger partial charge in [-0.05, 0) is 68.4 Å². The summed E-state index contributed by atoms with van der Waals surface area (Å²) in [7, 11) is 0. The number of aromatic nitrogens is 13. The lowest BCUT2D eigenvalue weighted by molar-refractivity contribution is 0.0996. The van der Waals surface area contributed by atoms with Gasteiger partial charge in [-0.15, -0.1) is 0 Å². The van der Waals surface area contributed by atoms with Gasteiger partial charge in [0.2, 0.25) is 0 Å². The van der Waals surface area contributed by atoms with E-state index in [1.807, 2.05) is 55.2 Å². The fraction of sp³-hybridized carbons (Fsp3) is 0.400. The number of aryl methyl sites for hydroxylation is 1. The van der Waals surface area contributed by atoms with Gasteiger partial charge in [-0.1, -0.05) is 0 Å². The molecule has 0 bridgehead atoms. The van der Waals surface area contributed by atoms with Crippen LogP contribution in [-0.2, 0) is 0 Å². The van der Waals surface area contributed by atoms with E-state index >= 15 is 0 Å². The van der Waals surface area contributed by atoms with Crippen molar-refractivity contribution in [2.75, 3.05) is 5.73 Å². The summed E-state index contributed by atoms with van der Waals surface area (Å²) < 4.78 is 7.54. The highest BCUT2D eigenvalue weighted by Gasteiger charge is 2.21. The molecule has 0 radical (unpaired) electrons. The van der Waals surface area contributed by atoms with Crippen LogP contribution in [0.25, 0.3) is 33.5 Å². The number of rotatable bonds is 4. The first kappa shape index (κ1) is 38.7. The van der Waals surface area contributed by atoms with Crippen LogP contribution >= 0.6 is 0 Å². The third kappa shape index (κ3) is 8.08. The second kappa shape index (κ2) is 16.0. The number of aliphatic imine (C=N–C) groups is 1. The highest BCUT2D eigenvalue weighted by atomic mass is 16.2. The number of hydrogen-bond donors (Lipinski definition) is 4. The van der Waals surface area contributed by atoms with E-state index in [-0.39, 0.29) is 28.9 Å². The van der Waals surface area contributed by atoms with Crippen LogP contribution < -0.4 is 22.5 Å². The smallest absolute Gasteiger partial charge is 0.327 e. The molecule has 1 aliphatic rings. The van der Waals surface area contributed by atoms with Gasteiger partial charge in [-0.25, -0.2) is 39.7 Å². The number of pyridine rings is 1. The Balaban J connectivity index is 0.000000139. The van der Waals surface area contributed by atoms with E-state index in [9.17, 15) is 19.2 Å². The molecule has 0 saturated carbocycles. The van der Waals surface area contributed by atoms with Crippen molar-refractivity contribution in [1.29, 1.82) is 0 Å². The number of aromatic amines is 3. The zero-order valence-corrected chi connectivity index (χ0v) is 31.7. The molecule has 19 heteroatoms. The third-order valence-corrected chi connectivity index (χ3v) is 8.26. The molecule has 8 heterocycles. The molecule has 0 amide bonds. The van der Waals surface area contributed by atoms with Crippen molar-refractivity contribution < 1.29 is 4.79 Å². The Bertz CT molecular complexity index is 2630. The van der Waals surface area contributed by atoms with E-state index < -0.39 is 11.2 Å². The van der Waals surface area contributed by atoms with Crippen LogP contribution in [0.4, 0.5) is 11.5 Å². The van der Waals surface area contributed by atoms with E-state index in [0.717, 1.165) is 11.2 Å². The van der Waals surface area contributed by atoms with Crippen LogP contribution in [0.3, 0.4) is 0 Å². The van der Waals surface area contributed by atoms with Crippen molar-refractivity contribution in [3.05, 3.63) is 80.3 Å². The maximum Gasteiger partial charge on any atom is 0.327 e. The molecular formula is C35H45N15O4. The molecule has 19 nitrogen and oxygen atoms in total. The average Bonchev–Trinajstić information content (AvgIpc) is 3.90. The van der Waals surface area contributed by atoms with Gasteiger partial charge in [0.25, 0.3) is 11.1 Å². The number of nitrogens with two attached hydrogens (primary N) is 1. The Morgan fingerprint density at radius 3 is 1.85 bits per heavy atom. The summed E-state index contributed by atoms with van der Waals surface area (Å²) >= 11 is 0. The summed E-state index contributed by atoms with van der Waals surface area (Å²) in [5.74, 6) is 1.38. The van der Waals surface area contributed by atoms with E-state index in [1.54, 1.807) is 55.3 Å². The summed E-state index contributed by atoms with van der Waals surface area (Å²) in [6.45, 7) is 18.0. The number of fused-ring (bicyclic) bond motifs is 4. The lowest BCUT2D eigenvalue weighted by Gasteiger charge is -2.10. The summed E-state index contributed by atoms with van der Waals surface area (Å²) in [6.07, 6.45) is 10.4. The van der Waals surface area contributed by atoms with E-state index in [4.69, 9.17) is 5.73 Å². The fourth-order valence-electron chi connectivity index (χ4n) is 5.46. The minimum atomic E-state index is -0.509. The highest BCUT2D eigenvalue weighted by Crippen LogP contribution is 2.26. The number of nitrogens with zero attached hydrogens (tertiary/aromatic N) is 11. The molecule has 7 aromatic rings. The Morgan fingerprint density at radius 2 is 1.20 bits per heavy atom. The number of Topliss-reactive ketones (excluding diaryl/α,β-unsaturated/α-hetero) is 1. The largest absolute Gasteiger partial charge is 0.397 e. The van der Waals surface area contributed by atoms with E-state index in [0.29, 0.717) is 58.3 Å². The topological polar surface area (TPSA) is 251 Å². The lowest BCUT2D eigenvalue weighted by Crippen LogP contribution is -2.22. The number of H-pyrrole nitrogens is 3. The molecule has 0 aromatic carbocycles. The summed E-state index contributed by atoms with van der Waals surface area (Å²) in [5, 5.41) is 0. The first-order valence-corrected chi connectivity index (χ1v) is 17.4. The van der Waals surface area contributed by atoms with Gasteiger partial charge in [0.1, 0.15) is 17.0 Å². The predicted molar refractivity (Wildman–Crippen MR) is 207 cm³/mol. The van der Waals surface area contributed by atoms with Gasteiger partial charge in [0.05, 0.1) is 31.0 Å². The number of ketones is 1. The Morgan fingerprint density at radius 1 is 0.648 bits per heavy atom. The maximum absolute atomic E-state index is 11.5. The van der Waals surface area contributed by atoms with Gasteiger partial charge >= 0.3 is 5.69 Å². The minimum absolute atomic E-state index is 0.0596. The normalized spacial score (nSPS) is 12.3. The number of carbonyl (C=O) groups is 1. The van der Waals surface area contributed by atoms with Crippen LogP contribution in [-0.4, -0.2) is 75.1 Å². The molecule has 8 rings (SSSR count). The number of hydrogen-bond acceptors (Lipinski definition) is 12. The molecule has 7 aromatic heterocycles. The summed E-state index contributed by atoms with van der Waals surface area (Å²) in [6, 6.07) is 2.82. The van der Waals surface area contributed by atoms with Crippen LogP contribution in [0.15, 0.2) is 56.9 Å². The Kier molecular flexibility index (Phi) is 11.5. The van der Waals surface area contributed by atoms with E-state index in [2.05, 4.69) is 63.7 Å². The van der Waals surface area contributed by atoms with Crippen LogP contribution in [0.5, 0.6) is 0 Å². The van der Waals surface area contributed by atoms with Gasteiger partial charge in [0.15, 0.2) is 39.6 Å². The number of nitrogen functional groups attached to an aromatic ring is 1. The first-order chi connectivity index (χ1) is 25.6. The fourth-order valence-corrected chi connectivity index (χ4v) is 5.46. The lowest BCUT2D eigenvalue weighted by atomic mass is 10.2. The predicted octanol–water partition coefficient (Wildman–Crippen LogP) is 4.35. The molecule has 0 unspecified atom stereocenters. The monoisotopic (exact) mass is 739 g/mol. The number of imidazole rings is 4. The molecule has 0 atom stereocenters. The second-order valence-corrected chi connectivity index (χ2v) is 13.6. The molecule has 1 aliphatic heterocycles. The molecule has 0 spiro atoms. The SMILES string of the molecule is CC(C)n1cnc2c(=O)[nH]c(=O)[nH]c21.CC(C)n1cnc2c(N)ccnc21.CC(C)n1cnc2c1N=CCC2=O.Cc1nc2c(ncn2C(C)C)c(=O)[nH]1. The quantitative estimate of drug-likeness (QED) is 0.197. The number of nitrogens with one attached hydrogen (secondary N) is 3. The molecule has 5 N–H and O–H groups in total. The molecule has 284 valence electrons.